The lowest BCUT2D eigenvalue weighted by Gasteiger charge is -2.16. The Morgan fingerprint density at radius 3 is 2.66 bits per heavy atom. The third-order valence-corrected chi connectivity index (χ3v) is 5.57. The number of carbonyl (C=O) groups is 1. The van der Waals surface area contributed by atoms with Crippen molar-refractivity contribution in [3.05, 3.63) is 69.1 Å². The van der Waals surface area contributed by atoms with Gasteiger partial charge in [-0.15, -0.1) is 11.3 Å². The molecule has 1 aliphatic rings. The van der Waals surface area contributed by atoms with Crippen LogP contribution in [0.5, 0.6) is 5.75 Å². The molecule has 0 unspecified atom stereocenters. The number of carbonyl (C=O) groups excluding carboxylic acids is 1. The van der Waals surface area contributed by atoms with Crippen LogP contribution in [0.2, 0.25) is 0 Å². The van der Waals surface area contributed by atoms with Gasteiger partial charge in [-0.3, -0.25) is 20.2 Å². The number of anilines is 1. The number of fused-ring (bicyclic) bond motifs is 1. The molecule has 1 aromatic heterocycles. The quantitative estimate of drug-likeness (QED) is 0.474. The first-order valence-corrected chi connectivity index (χ1v) is 10.2. The van der Waals surface area contributed by atoms with Crippen molar-refractivity contribution in [2.24, 2.45) is 0 Å². The van der Waals surface area contributed by atoms with Crippen LogP contribution in [0.1, 0.15) is 24.0 Å². The molecule has 0 radical (unpaired) electrons. The summed E-state index contributed by atoms with van der Waals surface area (Å²) < 4.78 is 5.37. The summed E-state index contributed by atoms with van der Waals surface area (Å²) in [7, 11) is 0. The molecule has 3 aromatic rings. The Morgan fingerprint density at radius 2 is 1.90 bits per heavy atom. The van der Waals surface area contributed by atoms with Gasteiger partial charge in [0.25, 0.3) is 11.6 Å². The van der Waals surface area contributed by atoms with Gasteiger partial charge in [-0.05, 0) is 55.0 Å². The number of hydrogen-bond donors (Lipinski definition) is 1. The maximum Gasteiger partial charge on any atom is 0.269 e. The Labute approximate surface area is 171 Å². The molecule has 2 aromatic carbocycles. The molecule has 4 rings (SSSR count). The minimum Gasteiger partial charge on any atom is -0.484 e. The number of nitro groups is 1. The molecular formula is C21H19N3O4S. The van der Waals surface area contributed by atoms with E-state index in [9.17, 15) is 14.9 Å². The van der Waals surface area contributed by atoms with Crippen LogP contribution in [0.3, 0.4) is 0 Å². The average molecular weight is 409 g/mol. The summed E-state index contributed by atoms with van der Waals surface area (Å²) >= 11 is 1.36. The van der Waals surface area contributed by atoms with Crippen molar-refractivity contribution in [1.82, 2.24) is 4.98 Å². The number of thiazole rings is 1. The van der Waals surface area contributed by atoms with Gasteiger partial charge in [0.15, 0.2) is 11.7 Å². The molecule has 0 atom stereocenters. The molecule has 0 fully saturated rings. The Bertz CT molecular complexity index is 1050. The predicted octanol–water partition coefficient (Wildman–Crippen LogP) is 4.61. The van der Waals surface area contributed by atoms with Crippen LogP contribution in [-0.4, -0.2) is 22.4 Å². The number of aromatic nitrogens is 1. The van der Waals surface area contributed by atoms with E-state index in [1.807, 2.05) is 5.38 Å². The van der Waals surface area contributed by atoms with Crippen LogP contribution in [0.15, 0.2) is 47.8 Å². The van der Waals surface area contributed by atoms with E-state index in [0.29, 0.717) is 10.9 Å². The maximum atomic E-state index is 12.1. The molecule has 1 heterocycles. The predicted molar refractivity (Wildman–Crippen MR) is 111 cm³/mol. The number of rotatable bonds is 6. The van der Waals surface area contributed by atoms with E-state index < -0.39 is 4.92 Å². The second kappa shape index (κ2) is 8.40. The van der Waals surface area contributed by atoms with Gasteiger partial charge in [-0.2, -0.15) is 0 Å². The number of non-ortho nitro benzene ring substituents is 1. The third kappa shape index (κ3) is 4.60. The van der Waals surface area contributed by atoms with Gasteiger partial charge in [0.05, 0.1) is 10.6 Å². The van der Waals surface area contributed by atoms with Crippen molar-refractivity contribution in [2.45, 2.75) is 25.7 Å². The van der Waals surface area contributed by atoms with E-state index in [4.69, 9.17) is 4.74 Å². The summed E-state index contributed by atoms with van der Waals surface area (Å²) in [5.41, 5.74) is 4.69. The number of hydrogen-bond acceptors (Lipinski definition) is 6. The van der Waals surface area contributed by atoms with E-state index in [-0.39, 0.29) is 18.2 Å². The summed E-state index contributed by atoms with van der Waals surface area (Å²) in [5, 5.41) is 15.8. The molecule has 0 spiro atoms. The molecule has 0 saturated heterocycles. The molecule has 148 valence electrons. The van der Waals surface area contributed by atoms with Crippen LogP contribution in [-0.2, 0) is 17.6 Å². The lowest BCUT2D eigenvalue weighted by atomic mass is 9.90. The van der Waals surface area contributed by atoms with Gasteiger partial charge < -0.3 is 4.74 Å². The SMILES string of the molecule is O=C(COc1ccc([N+](=O)[O-])cc1)Nc1nc(-c2ccc3c(c2)CCCC3)cs1. The number of nitrogens with one attached hydrogen (secondary N) is 1. The first-order valence-electron chi connectivity index (χ1n) is 9.33. The van der Waals surface area contributed by atoms with Gasteiger partial charge in [0.1, 0.15) is 5.75 Å². The first kappa shape index (κ1) is 19.1. The summed E-state index contributed by atoms with van der Waals surface area (Å²) in [4.78, 5) is 26.8. The zero-order valence-electron chi connectivity index (χ0n) is 15.6. The molecule has 7 nitrogen and oxygen atoms in total. The van der Waals surface area contributed by atoms with Gasteiger partial charge in [-0.1, -0.05) is 12.1 Å². The number of benzene rings is 2. The Balaban J connectivity index is 1.35. The third-order valence-electron chi connectivity index (χ3n) is 4.81. The number of amides is 1. The zero-order chi connectivity index (χ0) is 20.2. The number of ether oxygens (including phenoxy) is 1. The Hall–Kier alpha value is -3.26. The van der Waals surface area contributed by atoms with Crippen molar-refractivity contribution in [1.29, 1.82) is 0 Å². The molecule has 0 bridgehead atoms. The minimum absolute atomic E-state index is 0.0284. The number of aryl methyl sites for hydroxylation is 2. The fraction of sp³-hybridized carbons (Fsp3) is 0.238. The van der Waals surface area contributed by atoms with Crippen LogP contribution < -0.4 is 10.1 Å². The van der Waals surface area contributed by atoms with Crippen molar-refractivity contribution in [3.8, 4) is 17.0 Å². The fourth-order valence-corrected chi connectivity index (χ4v) is 4.06. The van der Waals surface area contributed by atoms with Crippen LogP contribution in [0.4, 0.5) is 10.8 Å². The van der Waals surface area contributed by atoms with Gasteiger partial charge in [0.2, 0.25) is 0 Å². The van der Waals surface area contributed by atoms with E-state index >= 15 is 0 Å². The summed E-state index contributed by atoms with van der Waals surface area (Å²) in [5.74, 6) is 0.0503. The Morgan fingerprint density at radius 1 is 1.14 bits per heavy atom. The maximum absolute atomic E-state index is 12.1. The molecule has 1 amide bonds. The molecule has 1 N–H and O–H groups in total. The second-order valence-electron chi connectivity index (χ2n) is 6.82. The monoisotopic (exact) mass is 409 g/mol. The lowest BCUT2D eigenvalue weighted by Crippen LogP contribution is -2.20. The van der Waals surface area contributed by atoms with E-state index in [0.717, 1.165) is 24.1 Å². The average Bonchev–Trinajstić information content (AvgIpc) is 3.20. The van der Waals surface area contributed by atoms with Crippen LogP contribution >= 0.6 is 11.3 Å². The zero-order valence-corrected chi connectivity index (χ0v) is 16.4. The van der Waals surface area contributed by atoms with Crippen molar-refractivity contribution < 1.29 is 14.5 Å². The van der Waals surface area contributed by atoms with Crippen molar-refractivity contribution >= 4 is 28.1 Å². The molecule has 0 saturated carbocycles. The topological polar surface area (TPSA) is 94.4 Å². The van der Waals surface area contributed by atoms with Gasteiger partial charge >= 0.3 is 0 Å². The Kier molecular flexibility index (Phi) is 5.53. The highest BCUT2D eigenvalue weighted by atomic mass is 32.1. The number of nitrogens with zero attached hydrogens (tertiary/aromatic N) is 2. The van der Waals surface area contributed by atoms with E-state index in [1.54, 1.807) is 0 Å². The summed E-state index contributed by atoms with van der Waals surface area (Å²) in [6.45, 7) is -0.203. The summed E-state index contributed by atoms with van der Waals surface area (Å²) in [6.07, 6.45) is 4.73. The lowest BCUT2D eigenvalue weighted by molar-refractivity contribution is -0.384. The largest absolute Gasteiger partial charge is 0.484 e. The fourth-order valence-electron chi connectivity index (χ4n) is 3.32. The minimum atomic E-state index is -0.487. The second-order valence-corrected chi connectivity index (χ2v) is 7.67. The van der Waals surface area contributed by atoms with Crippen LogP contribution in [0.25, 0.3) is 11.3 Å². The molecule has 29 heavy (non-hydrogen) atoms. The van der Waals surface area contributed by atoms with Crippen molar-refractivity contribution in [2.75, 3.05) is 11.9 Å². The van der Waals surface area contributed by atoms with E-state index in [1.165, 1.54) is 59.6 Å². The molecular weight excluding hydrogens is 390 g/mol. The molecule has 0 aliphatic heterocycles. The first-order chi connectivity index (χ1) is 14.1. The van der Waals surface area contributed by atoms with E-state index in [2.05, 4.69) is 28.5 Å². The standard InChI is InChI=1S/C21H19N3O4S/c25-20(12-28-18-9-7-17(8-10-18)24(26)27)23-21-22-19(13-29-21)16-6-5-14-3-1-2-4-15(14)11-16/h5-11,13H,1-4,12H2,(H,22,23,25). The van der Waals surface area contributed by atoms with Gasteiger partial charge in [0, 0.05) is 23.1 Å². The van der Waals surface area contributed by atoms with Gasteiger partial charge in [-0.25, -0.2) is 4.98 Å². The highest BCUT2D eigenvalue weighted by Gasteiger charge is 2.13. The normalized spacial score (nSPS) is 12.8. The molecule has 8 heteroatoms. The molecule has 1 aliphatic carbocycles. The highest BCUT2D eigenvalue weighted by Crippen LogP contribution is 2.29. The smallest absolute Gasteiger partial charge is 0.269 e. The van der Waals surface area contributed by atoms with Crippen LogP contribution in [0, 0.1) is 10.1 Å². The highest BCUT2D eigenvalue weighted by molar-refractivity contribution is 7.14. The van der Waals surface area contributed by atoms with Crippen molar-refractivity contribution in [3.63, 3.8) is 0 Å². The summed E-state index contributed by atoms with van der Waals surface area (Å²) in [6, 6.07) is 12.1. The number of nitro benzene ring substituents is 1.